The molecule has 2 atom stereocenters. The largest absolute Gasteiger partial charge is 0.378 e. The van der Waals surface area contributed by atoms with Crippen LogP contribution in [0, 0.1) is 0 Å². The molecule has 2 amide bonds. The van der Waals surface area contributed by atoms with Gasteiger partial charge in [0.25, 0.3) is 0 Å². The third-order valence-corrected chi connectivity index (χ3v) is 11.0. The molecular formula is C32H38N10O4S2. The molecule has 4 aromatic heterocycles. The van der Waals surface area contributed by atoms with Crippen molar-refractivity contribution in [3.05, 3.63) is 57.8 Å². The summed E-state index contributed by atoms with van der Waals surface area (Å²) in [7, 11) is 3.43. The van der Waals surface area contributed by atoms with Crippen molar-refractivity contribution < 1.29 is 19.1 Å². The monoisotopic (exact) mass is 690 g/mol. The second-order valence-corrected chi connectivity index (χ2v) is 14.4. The van der Waals surface area contributed by atoms with Gasteiger partial charge in [-0.15, -0.1) is 20.4 Å². The zero-order valence-electron chi connectivity index (χ0n) is 26.9. The van der Waals surface area contributed by atoms with E-state index in [2.05, 4.69) is 50.8 Å². The van der Waals surface area contributed by atoms with Crippen LogP contribution in [-0.2, 0) is 31.9 Å². The number of pyridine rings is 2. The number of methoxy groups -OCH3 is 2. The van der Waals surface area contributed by atoms with Gasteiger partial charge in [0.2, 0.25) is 22.1 Å². The van der Waals surface area contributed by atoms with Crippen LogP contribution in [-0.4, -0.2) is 94.8 Å². The number of hydrogen-bond donors (Lipinski definition) is 2. The topological polar surface area (TPSA) is 160 Å². The number of anilines is 4. The summed E-state index contributed by atoms with van der Waals surface area (Å²) >= 11 is 2.84. The van der Waals surface area contributed by atoms with Crippen molar-refractivity contribution in [1.82, 2.24) is 30.4 Å². The molecule has 2 saturated heterocycles. The third-order valence-electron chi connectivity index (χ3n) is 9.02. The molecule has 48 heavy (non-hydrogen) atoms. The van der Waals surface area contributed by atoms with Crippen molar-refractivity contribution in [1.29, 1.82) is 0 Å². The third kappa shape index (κ3) is 7.61. The number of nitrogens with one attached hydrogen (secondary N) is 2. The Morgan fingerprint density at radius 3 is 1.62 bits per heavy atom. The van der Waals surface area contributed by atoms with E-state index in [9.17, 15) is 9.59 Å². The number of rotatable bonds is 12. The van der Waals surface area contributed by atoms with Gasteiger partial charge in [-0.25, -0.2) is 9.97 Å². The molecule has 3 fully saturated rings. The molecule has 0 radical (unpaired) electrons. The lowest BCUT2D eigenvalue weighted by Crippen LogP contribution is -2.52. The quantitative estimate of drug-likeness (QED) is 0.223. The maximum absolute atomic E-state index is 12.8. The van der Waals surface area contributed by atoms with Gasteiger partial charge < -0.3 is 29.9 Å². The Hall–Kier alpha value is -4.12. The van der Waals surface area contributed by atoms with Crippen LogP contribution >= 0.6 is 22.7 Å². The summed E-state index contributed by atoms with van der Waals surface area (Å²) in [5.41, 5.74) is 1.40. The normalized spacial score (nSPS) is 19.9. The first-order chi connectivity index (χ1) is 23.4. The van der Waals surface area contributed by atoms with Gasteiger partial charge in [0.05, 0.1) is 36.4 Å². The number of aromatic nitrogens is 6. The second-order valence-electron chi connectivity index (χ2n) is 12.4. The lowest BCUT2D eigenvalue weighted by atomic mass is 9.82. The van der Waals surface area contributed by atoms with E-state index in [1.54, 1.807) is 14.2 Å². The molecule has 0 unspecified atom stereocenters. The van der Waals surface area contributed by atoms with Crippen molar-refractivity contribution in [2.24, 2.45) is 0 Å². The molecule has 2 aliphatic heterocycles. The fourth-order valence-electron chi connectivity index (χ4n) is 6.23. The molecule has 1 aliphatic carbocycles. The van der Waals surface area contributed by atoms with Crippen molar-refractivity contribution >= 4 is 56.4 Å². The van der Waals surface area contributed by atoms with Gasteiger partial charge in [-0.2, -0.15) is 0 Å². The van der Waals surface area contributed by atoms with Crippen LogP contribution in [0.2, 0.25) is 0 Å². The maximum atomic E-state index is 12.8. The Balaban J connectivity index is 0.893. The molecule has 2 N–H and O–H groups in total. The molecule has 1 saturated carbocycles. The van der Waals surface area contributed by atoms with Crippen LogP contribution in [0.5, 0.6) is 0 Å². The van der Waals surface area contributed by atoms with E-state index in [4.69, 9.17) is 9.47 Å². The number of nitrogens with zero attached hydrogens (tertiary/aromatic N) is 8. The van der Waals surface area contributed by atoms with Crippen molar-refractivity contribution in [2.45, 2.75) is 62.6 Å². The Bertz CT molecular complexity index is 1610. The zero-order chi connectivity index (χ0) is 33.0. The van der Waals surface area contributed by atoms with Crippen molar-refractivity contribution in [3.63, 3.8) is 0 Å². The summed E-state index contributed by atoms with van der Waals surface area (Å²) in [6.45, 7) is 3.20. The smallest absolute Gasteiger partial charge is 0.232 e. The van der Waals surface area contributed by atoms with Crippen LogP contribution in [0.3, 0.4) is 0 Å². The lowest BCUT2D eigenvalue weighted by Gasteiger charge is -2.39. The molecule has 16 heteroatoms. The molecule has 4 aromatic rings. The SMILES string of the molecule is COC1CN(c2cccc(CC(=O)Nc3nnc([C@H]4CCC[C@H](c5nnc(NC(=O)Cc6cccc(N7CC(OC)C7)n6)s5)C4)s3)n2)C1. The molecule has 0 bridgehead atoms. The van der Waals surface area contributed by atoms with Gasteiger partial charge in [-0.3, -0.25) is 9.59 Å². The Morgan fingerprint density at radius 1 is 0.729 bits per heavy atom. The first-order valence-corrected chi connectivity index (χ1v) is 17.8. The fourth-order valence-corrected chi connectivity index (χ4v) is 8.04. The first-order valence-electron chi connectivity index (χ1n) is 16.2. The van der Waals surface area contributed by atoms with Crippen molar-refractivity contribution in [2.75, 3.05) is 60.8 Å². The number of ether oxygens (including phenoxy) is 2. The summed E-state index contributed by atoms with van der Waals surface area (Å²) in [6, 6.07) is 11.5. The van der Waals surface area contributed by atoms with E-state index >= 15 is 0 Å². The predicted molar refractivity (Wildman–Crippen MR) is 183 cm³/mol. The van der Waals surface area contributed by atoms with Gasteiger partial charge in [0, 0.05) is 52.2 Å². The molecule has 3 aliphatic rings. The van der Waals surface area contributed by atoms with Crippen LogP contribution in [0.4, 0.5) is 21.9 Å². The van der Waals surface area contributed by atoms with Crippen molar-refractivity contribution in [3.8, 4) is 0 Å². The standard InChI is InChI=1S/C32H38N10O4S2/c1-45-23-15-41(16-23)25-10-4-8-21(33-25)13-27(43)35-31-39-37-29(47-31)19-6-3-7-20(12-19)30-38-40-32(48-30)36-28(44)14-22-9-5-11-26(34-22)42-17-24(18-42)46-2/h4-5,8-11,19-20,23-24H,3,6-7,12-18H2,1-2H3,(H,35,39,43)(H,36,40,44)/t19-,20-/m0/s1. The number of amides is 2. The highest BCUT2D eigenvalue weighted by atomic mass is 32.1. The highest BCUT2D eigenvalue weighted by Crippen LogP contribution is 2.43. The molecule has 7 rings (SSSR count). The minimum atomic E-state index is -0.175. The molecule has 252 valence electrons. The van der Waals surface area contributed by atoms with Gasteiger partial charge in [-0.05, 0) is 43.5 Å². The Kier molecular flexibility index (Phi) is 9.83. The number of hydrogen-bond acceptors (Lipinski definition) is 14. The lowest BCUT2D eigenvalue weighted by molar-refractivity contribution is -0.116. The average molecular weight is 691 g/mol. The van der Waals surface area contributed by atoms with Crippen LogP contribution in [0.1, 0.15) is 58.9 Å². The van der Waals surface area contributed by atoms with E-state index in [0.717, 1.165) is 73.5 Å². The van der Waals surface area contributed by atoms with Crippen LogP contribution in [0.15, 0.2) is 36.4 Å². The van der Waals surface area contributed by atoms with E-state index in [1.165, 1.54) is 22.7 Å². The van der Waals surface area contributed by atoms with Gasteiger partial charge in [-0.1, -0.05) is 41.2 Å². The summed E-state index contributed by atoms with van der Waals surface area (Å²) in [5.74, 6) is 1.78. The molecular weight excluding hydrogens is 653 g/mol. The Labute approximate surface area is 286 Å². The second kappa shape index (κ2) is 14.6. The summed E-state index contributed by atoms with van der Waals surface area (Å²) < 4.78 is 10.7. The zero-order valence-corrected chi connectivity index (χ0v) is 28.5. The van der Waals surface area contributed by atoms with Gasteiger partial charge in [0.1, 0.15) is 21.7 Å². The molecule has 6 heterocycles. The number of carbonyl (C=O) groups is 2. The Morgan fingerprint density at radius 2 is 1.19 bits per heavy atom. The highest BCUT2D eigenvalue weighted by Gasteiger charge is 2.31. The van der Waals surface area contributed by atoms with E-state index < -0.39 is 0 Å². The van der Waals surface area contributed by atoms with Crippen LogP contribution in [0.25, 0.3) is 0 Å². The minimum Gasteiger partial charge on any atom is -0.378 e. The highest BCUT2D eigenvalue weighted by molar-refractivity contribution is 7.15. The summed E-state index contributed by atoms with van der Waals surface area (Å²) in [6.07, 6.45) is 4.64. The number of carbonyl (C=O) groups excluding carboxylic acids is 2. The van der Waals surface area contributed by atoms with E-state index in [0.29, 0.717) is 21.7 Å². The first kappa shape index (κ1) is 32.4. The fraction of sp³-hybridized carbons (Fsp3) is 0.500. The minimum absolute atomic E-state index is 0.155. The van der Waals surface area contributed by atoms with E-state index in [-0.39, 0.29) is 48.7 Å². The maximum Gasteiger partial charge on any atom is 0.232 e. The summed E-state index contributed by atoms with van der Waals surface area (Å²) in [4.78, 5) is 39.2. The van der Waals surface area contributed by atoms with Gasteiger partial charge in [0.15, 0.2) is 0 Å². The predicted octanol–water partition coefficient (Wildman–Crippen LogP) is 3.65. The molecule has 0 aromatic carbocycles. The van der Waals surface area contributed by atoms with Crippen LogP contribution < -0.4 is 20.4 Å². The average Bonchev–Trinajstić information content (AvgIpc) is 3.70. The van der Waals surface area contributed by atoms with Gasteiger partial charge >= 0.3 is 0 Å². The molecule has 0 spiro atoms. The summed E-state index contributed by atoms with van der Waals surface area (Å²) in [5, 5.41) is 26.0. The van der Waals surface area contributed by atoms with E-state index in [1.807, 2.05) is 36.4 Å². The molecule has 14 nitrogen and oxygen atoms in total.